The predicted octanol–water partition coefficient (Wildman–Crippen LogP) is 4.16. The van der Waals surface area contributed by atoms with Gasteiger partial charge in [0.1, 0.15) is 0 Å². The van der Waals surface area contributed by atoms with Gasteiger partial charge in [-0.05, 0) is 42.4 Å². The quantitative estimate of drug-likeness (QED) is 0.819. The molecule has 21 heavy (non-hydrogen) atoms. The van der Waals surface area contributed by atoms with Crippen molar-refractivity contribution in [1.82, 2.24) is 10.2 Å². The molecule has 2 rings (SSSR count). The molecule has 0 aromatic carbocycles. The Bertz CT molecular complexity index is 295. The van der Waals surface area contributed by atoms with E-state index in [2.05, 4.69) is 44.8 Å². The van der Waals surface area contributed by atoms with Gasteiger partial charge >= 0.3 is 0 Å². The van der Waals surface area contributed by atoms with E-state index in [-0.39, 0.29) is 0 Å². The van der Waals surface area contributed by atoms with Gasteiger partial charge in [-0.2, -0.15) is 0 Å². The maximum absolute atomic E-state index is 3.76. The van der Waals surface area contributed by atoms with E-state index in [0.29, 0.717) is 11.5 Å². The Morgan fingerprint density at radius 1 is 1.00 bits per heavy atom. The molecule has 0 aromatic heterocycles. The third kappa shape index (κ3) is 5.25. The Morgan fingerprint density at radius 3 is 2.10 bits per heavy atom. The van der Waals surface area contributed by atoms with Gasteiger partial charge in [0.2, 0.25) is 0 Å². The van der Waals surface area contributed by atoms with Crippen LogP contribution in [0.3, 0.4) is 0 Å². The molecular weight excluding hydrogens is 256 g/mol. The lowest BCUT2D eigenvalue weighted by Gasteiger charge is -2.46. The Morgan fingerprint density at radius 2 is 1.57 bits per heavy atom. The first-order chi connectivity index (χ1) is 9.88. The summed E-state index contributed by atoms with van der Waals surface area (Å²) in [6, 6.07) is 0.612. The first-order valence-corrected chi connectivity index (χ1v) is 9.34. The van der Waals surface area contributed by atoms with E-state index in [9.17, 15) is 0 Å². The van der Waals surface area contributed by atoms with Crippen LogP contribution in [0, 0.1) is 23.2 Å². The van der Waals surface area contributed by atoms with Gasteiger partial charge < -0.3 is 10.2 Å². The third-order valence-electron chi connectivity index (χ3n) is 5.72. The summed E-state index contributed by atoms with van der Waals surface area (Å²) in [5, 5.41) is 3.76. The largest absolute Gasteiger partial charge is 0.314 e. The van der Waals surface area contributed by atoms with E-state index in [1.54, 1.807) is 0 Å². The molecule has 0 aromatic rings. The molecule has 1 heterocycles. The van der Waals surface area contributed by atoms with E-state index >= 15 is 0 Å². The lowest BCUT2D eigenvalue weighted by atomic mass is 9.70. The Hall–Kier alpha value is -0.0800. The molecule has 124 valence electrons. The van der Waals surface area contributed by atoms with Crippen molar-refractivity contribution in [3.05, 3.63) is 0 Å². The van der Waals surface area contributed by atoms with E-state index in [1.807, 2.05) is 0 Å². The van der Waals surface area contributed by atoms with Gasteiger partial charge in [0, 0.05) is 32.2 Å². The normalized spacial score (nSPS) is 38.9. The number of likely N-dealkylation sites (tertiary alicyclic amines) is 1. The van der Waals surface area contributed by atoms with Crippen LogP contribution in [0.15, 0.2) is 0 Å². The van der Waals surface area contributed by atoms with E-state index in [1.165, 1.54) is 58.3 Å². The number of nitrogens with zero attached hydrogens (tertiary/aromatic N) is 1. The standard InChI is InChI=1S/C19H38N2/c1-15(2)20-13-19(8-6-16(3)7-9-19)14-21-11-17(4)10-18(5)12-21/h15-18,20H,6-14H2,1-5H3. The van der Waals surface area contributed by atoms with Gasteiger partial charge in [-0.25, -0.2) is 0 Å². The molecule has 2 aliphatic rings. The van der Waals surface area contributed by atoms with E-state index < -0.39 is 0 Å². The molecule has 1 saturated carbocycles. The van der Waals surface area contributed by atoms with Crippen LogP contribution in [-0.4, -0.2) is 37.1 Å². The molecule has 1 saturated heterocycles. The minimum Gasteiger partial charge on any atom is -0.314 e. The smallest absolute Gasteiger partial charge is 0.00504 e. The van der Waals surface area contributed by atoms with Gasteiger partial charge in [0.05, 0.1) is 0 Å². The first-order valence-electron chi connectivity index (χ1n) is 9.34. The fourth-order valence-corrected chi connectivity index (χ4v) is 4.58. The molecule has 1 aliphatic heterocycles. The Kier molecular flexibility index (Phi) is 6.14. The Labute approximate surface area is 133 Å². The highest BCUT2D eigenvalue weighted by Gasteiger charge is 2.37. The third-order valence-corrected chi connectivity index (χ3v) is 5.72. The fourth-order valence-electron chi connectivity index (χ4n) is 4.58. The van der Waals surface area contributed by atoms with Crippen LogP contribution < -0.4 is 5.32 Å². The summed E-state index contributed by atoms with van der Waals surface area (Å²) >= 11 is 0. The number of nitrogens with one attached hydrogen (secondary N) is 1. The summed E-state index contributed by atoms with van der Waals surface area (Å²) in [7, 11) is 0. The molecule has 0 radical (unpaired) electrons. The Balaban J connectivity index is 1.97. The summed E-state index contributed by atoms with van der Waals surface area (Å²) in [5.41, 5.74) is 0.535. The molecule has 1 N–H and O–H groups in total. The van der Waals surface area contributed by atoms with Crippen molar-refractivity contribution < 1.29 is 0 Å². The van der Waals surface area contributed by atoms with Crippen molar-refractivity contribution in [1.29, 1.82) is 0 Å². The van der Waals surface area contributed by atoms with Gasteiger partial charge in [0.25, 0.3) is 0 Å². The van der Waals surface area contributed by atoms with E-state index in [0.717, 1.165) is 17.8 Å². The van der Waals surface area contributed by atoms with Gasteiger partial charge in [0.15, 0.2) is 0 Å². The molecule has 2 unspecified atom stereocenters. The van der Waals surface area contributed by atoms with Gasteiger partial charge in [-0.3, -0.25) is 0 Å². The molecule has 2 atom stereocenters. The lowest BCUT2D eigenvalue weighted by molar-refractivity contribution is 0.0483. The summed E-state index contributed by atoms with van der Waals surface area (Å²) < 4.78 is 0. The molecule has 0 bridgehead atoms. The van der Waals surface area contributed by atoms with Crippen molar-refractivity contribution in [3.8, 4) is 0 Å². The predicted molar refractivity (Wildman–Crippen MR) is 92.6 cm³/mol. The van der Waals surface area contributed by atoms with Crippen LogP contribution in [0.2, 0.25) is 0 Å². The number of piperidine rings is 1. The van der Waals surface area contributed by atoms with Crippen LogP contribution >= 0.6 is 0 Å². The summed E-state index contributed by atoms with van der Waals surface area (Å²) in [5.74, 6) is 2.70. The topological polar surface area (TPSA) is 15.3 Å². The SMILES string of the molecule is CC1CCC(CNC(C)C)(CN2CC(C)CC(C)C2)CC1. The van der Waals surface area contributed by atoms with Crippen molar-refractivity contribution in [2.24, 2.45) is 23.2 Å². The van der Waals surface area contributed by atoms with Crippen LogP contribution in [0.4, 0.5) is 0 Å². The lowest BCUT2D eigenvalue weighted by Crippen LogP contribution is -2.50. The molecule has 2 heteroatoms. The van der Waals surface area contributed by atoms with Crippen molar-refractivity contribution in [2.45, 2.75) is 72.8 Å². The minimum absolute atomic E-state index is 0.535. The van der Waals surface area contributed by atoms with E-state index in [4.69, 9.17) is 0 Å². The monoisotopic (exact) mass is 294 g/mol. The maximum Gasteiger partial charge on any atom is 0.00504 e. The van der Waals surface area contributed by atoms with Crippen molar-refractivity contribution in [3.63, 3.8) is 0 Å². The van der Waals surface area contributed by atoms with Gasteiger partial charge in [-0.1, -0.05) is 47.5 Å². The summed E-state index contributed by atoms with van der Waals surface area (Å²) in [4.78, 5) is 2.79. The first kappa shape index (κ1) is 17.3. The average Bonchev–Trinajstić information content (AvgIpc) is 2.39. The second-order valence-electron chi connectivity index (χ2n) is 8.86. The molecule has 2 fully saturated rings. The van der Waals surface area contributed by atoms with Crippen LogP contribution in [0.5, 0.6) is 0 Å². The highest BCUT2D eigenvalue weighted by Crippen LogP contribution is 2.40. The van der Waals surface area contributed by atoms with Crippen molar-refractivity contribution >= 4 is 0 Å². The minimum atomic E-state index is 0.535. The summed E-state index contributed by atoms with van der Waals surface area (Å²) in [6.07, 6.45) is 7.13. The van der Waals surface area contributed by atoms with Crippen LogP contribution in [-0.2, 0) is 0 Å². The maximum atomic E-state index is 3.76. The number of hydrogen-bond acceptors (Lipinski definition) is 2. The second-order valence-corrected chi connectivity index (χ2v) is 8.86. The zero-order valence-electron chi connectivity index (χ0n) is 15.1. The number of hydrogen-bond donors (Lipinski definition) is 1. The molecule has 1 aliphatic carbocycles. The van der Waals surface area contributed by atoms with Crippen LogP contribution in [0.25, 0.3) is 0 Å². The molecule has 0 amide bonds. The number of rotatable bonds is 5. The highest BCUT2D eigenvalue weighted by atomic mass is 15.1. The molecule has 0 spiro atoms. The van der Waals surface area contributed by atoms with Crippen molar-refractivity contribution in [2.75, 3.05) is 26.2 Å². The summed E-state index contributed by atoms with van der Waals surface area (Å²) in [6.45, 7) is 17.1. The molecular formula is C19H38N2. The average molecular weight is 295 g/mol. The second kappa shape index (κ2) is 7.46. The fraction of sp³-hybridized carbons (Fsp3) is 1.00. The molecule has 2 nitrogen and oxygen atoms in total. The highest BCUT2D eigenvalue weighted by molar-refractivity contribution is 4.91. The zero-order chi connectivity index (χ0) is 15.5. The zero-order valence-corrected chi connectivity index (χ0v) is 15.1. The van der Waals surface area contributed by atoms with Crippen LogP contribution in [0.1, 0.15) is 66.7 Å². The van der Waals surface area contributed by atoms with Gasteiger partial charge in [-0.15, -0.1) is 0 Å².